The van der Waals surface area contributed by atoms with Gasteiger partial charge < -0.3 is 10.8 Å². The zero-order valence-electron chi connectivity index (χ0n) is 12.0. The molecule has 106 valence electrons. The Labute approximate surface area is 126 Å². The molecular formula is C15H25NO2Sn. The summed E-state index contributed by atoms with van der Waals surface area (Å²) in [6.45, 7) is 4.58. The quantitative estimate of drug-likeness (QED) is 0.432. The first-order valence-electron chi connectivity index (χ1n) is 6.92. The summed E-state index contributed by atoms with van der Waals surface area (Å²) in [4.78, 5) is 10.3. The van der Waals surface area contributed by atoms with Gasteiger partial charge in [0.15, 0.2) is 0 Å². The van der Waals surface area contributed by atoms with E-state index in [9.17, 15) is 4.79 Å². The molecule has 1 aromatic carbocycles. The Hall–Kier alpha value is -0.711. The van der Waals surface area contributed by atoms with Crippen LogP contribution in [0.2, 0.25) is 8.87 Å². The number of hydrogen-bond donors (Lipinski definition) is 2. The van der Waals surface area contributed by atoms with Crippen molar-refractivity contribution >= 4 is 32.8 Å². The monoisotopic (exact) mass is 371 g/mol. The van der Waals surface area contributed by atoms with Crippen LogP contribution in [0.5, 0.6) is 0 Å². The Kier molecular flexibility index (Phi) is 11.9. The first-order valence-corrected chi connectivity index (χ1v) is 11.0. The average Bonchev–Trinajstić information content (AvgIpc) is 2.40. The van der Waals surface area contributed by atoms with Gasteiger partial charge in [-0.3, -0.25) is 0 Å². The van der Waals surface area contributed by atoms with E-state index in [1.807, 2.05) is 0 Å². The number of carboxylic acid groups (broad SMARTS) is 1. The van der Waals surface area contributed by atoms with Gasteiger partial charge >= 0.3 is 75.5 Å². The van der Waals surface area contributed by atoms with Crippen molar-refractivity contribution in [2.24, 2.45) is 0 Å². The van der Waals surface area contributed by atoms with E-state index in [0.717, 1.165) is 0 Å². The molecule has 0 heterocycles. The minimum absolute atomic E-state index is 0.149. The number of para-hydroxylation sites is 1. The van der Waals surface area contributed by atoms with Crippen LogP contribution in [0.25, 0.3) is 0 Å². The van der Waals surface area contributed by atoms with Crippen LogP contribution in [0.1, 0.15) is 49.9 Å². The third-order valence-electron chi connectivity index (χ3n) is 2.61. The maximum atomic E-state index is 10.3. The van der Waals surface area contributed by atoms with Gasteiger partial charge in [0.1, 0.15) is 0 Å². The van der Waals surface area contributed by atoms with Gasteiger partial charge in [-0.25, -0.2) is 4.79 Å². The van der Waals surface area contributed by atoms with E-state index in [1.165, 1.54) is 31.7 Å². The minimum atomic E-state index is -0.988. The molecule has 0 unspecified atom stereocenters. The summed E-state index contributed by atoms with van der Waals surface area (Å²) in [7, 11) is 0. The van der Waals surface area contributed by atoms with Crippen molar-refractivity contribution in [1.82, 2.24) is 0 Å². The van der Waals surface area contributed by atoms with Crippen molar-refractivity contribution in [2.75, 3.05) is 5.73 Å². The molecule has 0 fully saturated rings. The molecule has 0 aromatic heterocycles. The molecule has 0 bridgehead atoms. The smallest absolute Gasteiger partial charge is 0.337 e. The van der Waals surface area contributed by atoms with Crippen molar-refractivity contribution in [3.05, 3.63) is 29.8 Å². The predicted octanol–water partition coefficient (Wildman–Crippen LogP) is 4.09. The van der Waals surface area contributed by atoms with Gasteiger partial charge in [-0.2, -0.15) is 0 Å². The maximum absolute atomic E-state index is 10.3. The second-order valence-corrected chi connectivity index (χ2v) is 8.63. The van der Waals surface area contributed by atoms with Crippen LogP contribution in [0.15, 0.2) is 24.3 Å². The number of nitrogens with two attached hydrogens (primary N) is 1. The number of hydrogen-bond acceptors (Lipinski definition) is 2. The van der Waals surface area contributed by atoms with E-state index in [0.29, 0.717) is 5.69 Å². The summed E-state index contributed by atoms with van der Waals surface area (Å²) < 4.78 is 3.25. The molecule has 1 aromatic rings. The number of nitrogen functional groups attached to an aromatic ring is 1. The molecule has 4 heteroatoms. The molecule has 0 amide bonds. The van der Waals surface area contributed by atoms with Crippen LogP contribution in [0.4, 0.5) is 5.69 Å². The van der Waals surface area contributed by atoms with Crippen LogP contribution >= 0.6 is 0 Å². The number of carboxylic acids is 1. The van der Waals surface area contributed by atoms with Gasteiger partial charge in [-0.05, 0) is 12.1 Å². The molecule has 2 radical (unpaired) electrons. The Morgan fingerprint density at radius 1 is 1.16 bits per heavy atom. The number of rotatable bonds is 7. The molecule has 0 aliphatic carbocycles. The zero-order valence-corrected chi connectivity index (χ0v) is 14.8. The summed E-state index contributed by atoms with van der Waals surface area (Å²) in [6.07, 6.45) is 5.84. The van der Waals surface area contributed by atoms with Crippen molar-refractivity contribution in [1.29, 1.82) is 0 Å². The number of unbranched alkanes of at least 4 members (excludes halogenated alkanes) is 2. The first-order chi connectivity index (χ1) is 9.13. The minimum Gasteiger partial charge on any atom is -0.478 e. The summed E-state index contributed by atoms with van der Waals surface area (Å²) in [6, 6.07) is 6.36. The third kappa shape index (κ3) is 9.82. The Morgan fingerprint density at radius 3 is 2.05 bits per heavy atom. The Morgan fingerprint density at radius 2 is 1.68 bits per heavy atom. The molecule has 3 N–H and O–H groups in total. The second-order valence-electron chi connectivity index (χ2n) is 4.35. The van der Waals surface area contributed by atoms with E-state index in [-0.39, 0.29) is 26.7 Å². The van der Waals surface area contributed by atoms with Gasteiger partial charge in [0.2, 0.25) is 0 Å². The SMILES string of the molecule is CCC[CH2][Sn][CH2]CCC.Nc1ccccc1C(=O)O. The zero-order chi connectivity index (χ0) is 14.5. The molecule has 0 saturated carbocycles. The van der Waals surface area contributed by atoms with E-state index in [2.05, 4.69) is 13.8 Å². The van der Waals surface area contributed by atoms with Crippen LogP contribution in [-0.4, -0.2) is 32.2 Å². The number of benzene rings is 1. The van der Waals surface area contributed by atoms with Gasteiger partial charge in [-0.1, -0.05) is 12.1 Å². The van der Waals surface area contributed by atoms with Crippen molar-refractivity contribution in [3.8, 4) is 0 Å². The Bertz CT molecular complexity index is 350. The van der Waals surface area contributed by atoms with Crippen LogP contribution in [-0.2, 0) is 0 Å². The fraction of sp³-hybridized carbons (Fsp3) is 0.533. The number of carbonyl (C=O) groups is 1. The fourth-order valence-corrected chi connectivity index (χ4v) is 5.58. The molecule has 0 aliphatic rings. The van der Waals surface area contributed by atoms with Crippen molar-refractivity contribution in [3.63, 3.8) is 0 Å². The van der Waals surface area contributed by atoms with Crippen molar-refractivity contribution in [2.45, 2.75) is 48.4 Å². The first kappa shape index (κ1) is 18.3. The largest absolute Gasteiger partial charge is 0.478 e. The molecule has 0 saturated heterocycles. The summed E-state index contributed by atoms with van der Waals surface area (Å²) >= 11 is 0.149. The Balaban J connectivity index is 0.000000344. The normalized spacial score (nSPS) is 9.58. The summed E-state index contributed by atoms with van der Waals surface area (Å²) in [5.74, 6) is -0.988. The fourth-order valence-electron chi connectivity index (χ4n) is 1.42. The van der Waals surface area contributed by atoms with Crippen LogP contribution < -0.4 is 5.73 Å². The van der Waals surface area contributed by atoms with E-state index in [1.54, 1.807) is 27.1 Å². The van der Waals surface area contributed by atoms with Crippen LogP contribution in [0.3, 0.4) is 0 Å². The average molecular weight is 370 g/mol. The predicted molar refractivity (Wildman–Crippen MR) is 83.0 cm³/mol. The molecule has 3 nitrogen and oxygen atoms in total. The second kappa shape index (κ2) is 12.3. The molecule has 1 rings (SSSR count). The van der Waals surface area contributed by atoms with E-state index >= 15 is 0 Å². The third-order valence-corrected chi connectivity index (χ3v) is 6.64. The molecular weight excluding hydrogens is 345 g/mol. The summed E-state index contributed by atoms with van der Waals surface area (Å²) in [5.41, 5.74) is 5.80. The topological polar surface area (TPSA) is 63.3 Å². The van der Waals surface area contributed by atoms with Crippen molar-refractivity contribution < 1.29 is 9.90 Å². The maximum Gasteiger partial charge on any atom is 0.337 e. The number of anilines is 1. The number of aromatic carboxylic acids is 1. The molecule has 0 atom stereocenters. The van der Waals surface area contributed by atoms with Gasteiger partial charge in [0, 0.05) is 5.69 Å². The standard InChI is InChI=1S/C7H7NO2.2C4H9.Sn/c8-6-4-2-1-3-5(6)7(9)10;2*1-3-4-2;/h1-4H,8H2,(H,9,10);2*1,3-4H2,2H3;. The van der Waals surface area contributed by atoms with Gasteiger partial charge in [0.25, 0.3) is 0 Å². The van der Waals surface area contributed by atoms with Gasteiger partial charge in [-0.15, -0.1) is 0 Å². The molecule has 19 heavy (non-hydrogen) atoms. The van der Waals surface area contributed by atoms with E-state index < -0.39 is 5.97 Å². The molecule has 0 spiro atoms. The van der Waals surface area contributed by atoms with E-state index in [4.69, 9.17) is 10.8 Å². The van der Waals surface area contributed by atoms with Crippen LogP contribution in [0, 0.1) is 0 Å². The molecule has 0 aliphatic heterocycles. The summed E-state index contributed by atoms with van der Waals surface area (Å²) in [5, 5.41) is 8.49. The van der Waals surface area contributed by atoms with Gasteiger partial charge in [0.05, 0.1) is 5.56 Å².